The quantitative estimate of drug-likeness (QED) is 0.688. The van der Waals surface area contributed by atoms with E-state index in [-0.39, 0.29) is 11.8 Å². The summed E-state index contributed by atoms with van der Waals surface area (Å²) in [5.74, 6) is 0.0857. The topological polar surface area (TPSA) is 53.1 Å². The monoisotopic (exact) mass is 425 g/mol. The molecule has 1 fully saturated rings. The zero-order chi connectivity index (χ0) is 21.3. The number of imide groups is 1. The number of hydrogen-bond acceptors (Lipinski definition) is 5. The van der Waals surface area contributed by atoms with Crippen LogP contribution in [-0.2, 0) is 9.59 Å². The number of hydrogen-bond donors (Lipinski definition) is 0. The molecule has 0 atom stereocenters. The second-order valence-corrected chi connectivity index (χ2v) is 7.83. The first-order valence-electron chi connectivity index (χ1n) is 10.0. The molecule has 0 aliphatic carbocycles. The highest BCUT2D eigenvalue weighted by atomic mass is 35.5. The maximum absolute atomic E-state index is 13.5. The van der Waals surface area contributed by atoms with Gasteiger partial charge in [0, 0.05) is 31.2 Å². The third-order valence-electron chi connectivity index (χ3n) is 5.40. The number of carbonyl (C=O) groups is 2. The van der Waals surface area contributed by atoms with Gasteiger partial charge in [0.2, 0.25) is 0 Å². The van der Waals surface area contributed by atoms with Crippen LogP contribution >= 0.6 is 11.6 Å². The Morgan fingerprint density at radius 3 is 2.30 bits per heavy atom. The van der Waals surface area contributed by atoms with E-state index in [0.717, 1.165) is 18.8 Å². The number of carbonyl (C=O) groups excluding carboxylic acids is 2. The predicted octanol–water partition coefficient (Wildman–Crippen LogP) is 3.27. The van der Waals surface area contributed by atoms with Crippen LogP contribution in [0.15, 0.2) is 54.2 Å². The molecule has 0 saturated carbocycles. The lowest BCUT2D eigenvalue weighted by Crippen LogP contribution is -2.46. The Balaban J connectivity index is 1.77. The summed E-state index contributed by atoms with van der Waals surface area (Å²) in [6, 6.07) is 14.2. The van der Waals surface area contributed by atoms with Gasteiger partial charge >= 0.3 is 0 Å². The molecule has 0 N–H and O–H groups in total. The third kappa shape index (κ3) is 3.80. The van der Waals surface area contributed by atoms with Crippen LogP contribution in [0.2, 0.25) is 5.02 Å². The number of ether oxygens (including phenoxy) is 1. The van der Waals surface area contributed by atoms with Crippen molar-refractivity contribution in [3.8, 4) is 5.75 Å². The highest BCUT2D eigenvalue weighted by Crippen LogP contribution is 2.36. The Morgan fingerprint density at radius 1 is 0.967 bits per heavy atom. The Morgan fingerprint density at radius 2 is 1.67 bits per heavy atom. The summed E-state index contributed by atoms with van der Waals surface area (Å²) in [6.45, 7) is 5.53. The van der Waals surface area contributed by atoms with Gasteiger partial charge in [0.1, 0.15) is 11.4 Å². The van der Waals surface area contributed by atoms with E-state index in [0.29, 0.717) is 47.2 Å². The summed E-state index contributed by atoms with van der Waals surface area (Å²) in [7, 11) is 2.05. The van der Waals surface area contributed by atoms with Crippen LogP contribution in [-0.4, -0.2) is 61.4 Å². The molecule has 0 spiro atoms. The molecule has 2 heterocycles. The maximum Gasteiger partial charge on any atom is 0.282 e. The number of anilines is 1. The number of rotatable bonds is 5. The lowest BCUT2D eigenvalue weighted by molar-refractivity contribution is -0.120. The average molecular weight is 426 g/mol. The Labute approximate surface area is 181 Å². The number of amides is 2. The Hall–Kier alpha value is -2.83. The van der Waals surface area contributed by atoms with Crippen molar-refractivity contribution in [3.05, 3.63) is 64.8 Å². The summed E-state index contributed by atoms with van der Waals surface area (Å²) >= 11 is 6.13. The molecular weight excluding hydrogens is 402 g/mol. The van der Waals surface area contributed by atoms with Crippen molar-refractivity contribution in [2.45, 2.75) is 6.92 Å². The molecule has 30 heavy (non-hydrogen) atoms. The normalized spacial score (nSPS) is 17.8. The second kappa shape index (κ2) is 8.50. The van der Waals surface area contributed by atoms with Crippen molar-refractivity contribution >= 4 is 34.7 Å². The molecule has 156 valence electrons. The molecule has 0 aromatic heterocycles. The number of nitrogens with zero attached hydrogens (tertiary/aromatic N) is 3. The fourth-order valence-corrected chi connectivity index (χ4v) is 4.02. The molecule has 2 aromatic rings. The minimum Gasteiger partial charge on any atom is -0.494 e. The zero-order valence-electron chi connectivity index (χ0n) is 17.1. The second-order valence-electron chi connectivity index (χ2n) is 7.40. The van der Waals surface area contributed by atoms with Crippen molar-refractivity contribution in [1.82, 2.24) is 9.80 Å². The first-order valence-corrected chi connectivity index (χ1v) is 10.4. The molecule has 7 heteroatoms. The SMILES string of the molecule is CCOc1ccc(C2=C(N3CCN(C)CC3)C(=O)N(c3cccc(Cl)c3)C2=O)cc1. The van der Waals surface area contributed by atoms with Crippen LogP contribution in [0, 0.1) is 0 Å². The molecule has 6 nitrogen and oxygen atoms in total. The molecule has 2 amide bonds. The number of halogens is 1. The van der Waals surface area contributed by atoms with Crippen molar-refractivity contribution in [1.29, 1.82) is 0 Å². The van der Waals surface area contributed by atoms with Gasteiger partial charge in [0.05, 0.1) is 17.9 Å². The van der Waals surface area contributed by atoms with Gasteiger partial charge < -0.3 is 14.5 Å². The molecule has 0 radical (unpaired) electrons. The Kier molecular flexibility index (Phi) is 5.79. The van der Waals surface area contributed by atoms with E-state index in [2.05, 4.69) is 11.9 Å². The summed E-state index contributed by atoms with van der Waals surface area (Å²) in [6.07, 6.45) is 0. The molecule has 1 saturated heterocycles. The van der Waals surface area contributed by atoms with Crippen molar-refractivity contribution in [3.63, 3.8) is 0 Å². The van der Waals surface area contributed by atoms with Gasteiger partial charge in [-0.2, -0.15) is 0 Å². The summed E-state index contributed by atoms with van der Waals surface area (Å²) in [4.78, 5) is 32.4. The van der Waals surface area contributed by atoms with Crippen molar-refractivity contribution < 1.29 is 14.3 Å². The molecule has 2 aromatic carbocycles. The predicted molar refractivity (Wildman–Crippen MR) is 118 cm³/mol. The highest BCUT2D eigenvalue weighted by molar-refractivity contribution is 6.45. The van der Waals surface area contributed by atoms with Crippen LogP contribution < -0.4 is 9.64 Å². The number of likely N-dealkylation sites (N-methyl/N-ethyl adjacent to an activating group) is 1. The highest BCUT2D eigenvalue weighted by Gasteiger charge is 2.42. The van der Waals surface area contributed by atoms with Gasteiger partial charge in [-0.15, -0.1) is 0 Å². The fraction of sp³-hybridized carbons (Fsp3) is 0.304. The van der Waals surface area contributed by atoms with Crippen molar-refractivity contribution in [2.24, 2.45) is 0 Å². The van der Waals surface area contributed by atoms with Gasteiger partial charge in [0.15, 0.2) is 0 Å². The molecule has 0 bridgehead atoms. The summed E-state index contributed by atoms with van der Waals surface area (Å²) in [5, 5.41) is 0.476. The van der Waals surface area contributed by atoms with E-state index < -0.39 is 0 Å². The van der Waals surface area contributed by atoms with Gasteiger partial charge in [-0.3, -0.25) is 9.59 Å². The maximum atomic E-state index is 13.5. The van der Waals surface area contributed by atoms with Crippen LogP contribution in [0.25, 0.3) is 5.57 Å². The van der Waals surface area contributed by atoms with Gasteiger partial charge in [0.25, 0.3) is 11.8 Å². The third-order valence-corrected chi connectivity index (χ3v) is 5.63. The fourth-order valence-electron chi connectivity index (χ4n) is 3.84. The standard InChI is InChI=1S/C23H24ClN3O3/c1-3-30-19-9-7-16(8-10-19)20-21(26-13-11-25(2)12-14-26)23(29)27(22(20)28)18-6-4-5-17(24)15-18/h4-10,15H,3,11-14H2,1-2H3. The number of benzene rings is 2. The van der Waals surface area contributed by atoms with Crippen molar-refractivity contribution in [2.75, 3.05) is 44.7 Å². The molecule has 4 rings (SSSR count). The summed E-state index contributed by atoms with van der Waals surface area (Å²) < 4.78 is 5.52. The molecule has 2 aliphatic heterocycles. The van der Waals surface area contributed by atoms with Gasteiger partial charge in [-0.25, -0.2) is 4.90 Å². The first-order chi connectivity index (χ1) is 14.5. The van der Waals surface area contributed by atoms with Crippen LogP contribution in [0.3, 0.4) is 0 Å². The molecule has 0 unspecified atom stereocenters. The largest absolute Gasteiger partial charge is 0.494 e. The van der Waals surface area contributed by atoms with Gasteiger partial charge in [-0.05, 0) is 49.9 Å². The van der Waals surface area contributed by atoms with Crippen LogP contribution in [0.5, 0.6) is 5.75 Å². The van der Waals surface area contributed by atoms with E-state index in [4.69, 9.17) is 16.3 Å². The first kappa shape index (κ1) is 20.4. The Bertz CT molecular complexity index is 995. The van der Waals surface area contributed by atoms with E-state index in [1.807, 2.05) is 36.1 Å². The van der Waals surface area contributed by atoms with Crippen LogP contribution in [0.4, 0.5) is 5.69 Å². The van der Waals surface area contributed by atoms with E-state index >= 15 is 0 Å². The minimum atomic E-state index is -0.333. The number of piperazine rings is 1. The molecular formula is C23H24ClN3O3. The van der Waals surface area contributed by atoms with E-state index in [1.54, 1.807) is 24.3 Å². The zero-order valence-corrected chi connectivity index (χ0v) is 17.9. The summed E-state index contributed by atoms with van der Waals surface area (Å²) in [5.41, 5.74) is 2.06. The molecule has 2 aliphatic rings. The minimum absolute atomic E-state index is 0.310. The average Bonchev–Trinajstić information content (AvgIpc) is 3.00. The van der Waals surface area contributed by atoms with Gasteiger partial charge in [-0.1, -0.05) is 29.8 Å². The smallest absolute Gasteiger partial charge is 0.282 e. The lowest BCUT2D eigenvalue weighted by atomic mass is 10.0. The van der Waals surface area contributed by atoms with E-state index in [1.165, 1.54) is 4.90 Å². The van der Waals surface area contributed by atoms with E-state index in [9.17, 15) is 9.59 Å². The lowest BCUT2D eigenvalue weighted by Gasteiger charge is -2.34. The van der Waals surface area contributed by atoms with Crippen LogP contribution in [0.1, 0.15) is 12.5 Å².